The van der Waals surface area contributed by atoms with E-state index < -0.39 is 11.0 Å². The van der Waals surface area contributed by atoms with Gasteiger partial charge in [0, 0.05) is 30.5 Å². The molecule has 0 aliphatic carbocycles. The maximum atomic E-state index is 10.8. The van der Waals surface area contributed by atoms with Crippen molar-refractivity contribution in [2.24, 2.45) is 0 Å². The Balaban J connectivity index is 2.22. The number of nitro benzene ring substituents is 1. The van der Waals surface area contributed by atoms with Crippen molar-refractivity contribution in [2.75, 3.05) is 6.61 Å². The molecule has 0 radical (unpaired) electrons. The summed E-state index contributed by atoms with van der Waals surface area (Å²) in [5.41, 5.74) is 0.955. The highest BCUT2D eigenvalue weighted by molar-refractivity contribution is 5.38. The van der Waals surface area contributed by atoms with Crippen molar-refractivity contribution >= 4 is 5.69 Å². The summed E-state index contributed by atoms with van der Waals surface area (Å²) in [7, 11) is 0. The largest absolute Gasteiger partial charge is 0.384 e. The monoisotopic (exact) mass is 291 g/mol. The first-order chi connectivity index (χ1) is 10.0. The summed E-state index contributed by atoms with van der Waals surface area (Å²) in [6.45, 7) is 4.29. The van der Waals surface area contributed by atoms with Crippen molar-refractivity contribution in [3.63, 3.8) is 0 Å². The second kappa shape index (κ2) is 6.47. The van der Waals surface area contributed by atoms with Crippen molar-refractivity contribution in [2.45, 2.75) is 26.2 Å². The van der Waals surface area contributed by atoms with E-state index in [9.17, 15) is 15.2 Å². The summed E-state index contributed by atoms with van der Waals surface area (Å²) in [5.74, 6) is 0. The molecule has 0 amide bonds. The van der Waals surface area contributed by atoms with Crippen LogP contribution in [0.3, 0.4) is 0 Å². The SMILES string of the molecule is CCOC(C)n1cc(C(O)c2cccc([N+](=O)[O-])c2)cn1. The molecule has 1 N–H and O–H groups in total. The van der Waals surface area contributed by atoms with E-state index in [1.54, 1.807) is 23.0 Å². The van der Waals surface area contributed by atoms with Gasteiger partial charge < -0.3 is 9.84 Å². The van der Waals surface area contributed by atoms with Crippen LogP contribution in [0.1, 0.15) is 37.3 Å². The van der Waals surface area contributed by atoms with Crippen LogP contribution in [-0.2, 0) is 4.74 Å². The molecule has 7 heteroatoms. The molecule has 0 saturated heterocycles. The zero-order valence-electron chi connectivity index (χ0n) is 11.8. The zero-order chi connectivity index (χ0) is 15.4. The number of hydrogen-bond acceptors (Lipinski definition) is 5. The van der Waals surface area contributed by atoms with E-state index in [-0.39, 0.29) is 11.9 Å². The smallest absolute Gasteiger partial charge is 0.269 e. The second-order valence-electron chi connectivity index (χ2n) is 4.56. The van der Waals surface area contributed by atoms with Crippen LogP contribution in [0.5, 0.6) is 0 Å². The number of rotatable bonds is 6. The summed E-state index contributed by atoms with van der Waals surface area (Å²) in [5, 5.41) is 25.2. The molecule has 21 heavy (non-hydrogen) atoms. The van der Waals surface area contributed by atoms with Crippen LogP contribution < -0.4 is 0 Å². The summed E-state index contributed by atoms with van der Waals surface area (Å²) >= 11 is 0. The predicted octanol–water partition coefficient (Wildman–Crippen LogP) is 2.43. The molecule has 112 valence electrons. The van der Waals surface area contributed by atoms with E-state index in [1.165, 1.54) is 18.3 Å². The Labute approximate surface area is 121 Å². The van der Waals surface area contributed by atoms with E-state index in [0.29, 0.717) is 17.7 Å². The molecule has 0 saturated carbocycles. The Hall–Kier alpha value is -2.25. The maximum absolute atomic E-state index is 10.8. The van der Waals surface area contributed by atoms with Crippen molar-refractivity contribution in [3.05, 3.63) is 57.9 Å². The summed E-state index contributed by atoms with van der Waals surface area (Å²) in [6.07, 6.45) is 2.00. The Kier molecular flexibility index (Phi) is 4.66. The minimum absolute atomic E-state index is 0.0540. The maximum Gasteiger partial charge on any atom is 0.269 e. The Bertz CT molecular complexity index is 626. The van der Waals surface area contributed by atoms with E-state index in [4.69, 9.17) is 4.74 Å². The average molecular weight is 291 g/mol. The molecule has 2 aromatic rings. The molecule has 0 aliphatic heterocycles. The van der Waals surface area contributed by atoms with Gasteiger partial charge in [0.2, 0.25) is 0 Å². The molecular weight excluding hydrogens is 274 g/mol. The molecule has 0 spiro atoms. The molecule has 1 aromatic carbocycles. The number of aliphatic hydroxyl groups is 1. The molecule has 7 nitrogen and oxygen atoms in total. The van der Waals surface area contributed by atoms with Crippen molar-refractivity contribution in [3.8, 4) is 0 Å². The fraction of sp³-hybridized carbons (Fsp3) is 0.357. The molecule has 0 fully saturated rings. The minimum Gasteiger partial charge on any atom is -0.384 e. The molecular formula is C14H17N3O4. The lowest BCUT2D eigenvalue weighted by Crippen LogP contribution is -2.09. The van der Waals surface area contributed by atoms with Crippen LogP contribution in [0.4, 0.5) is 5.69 Å². The standard InChI is InChI=1S/C14H17N3O4/c1-3-21-10(2)16-9-12(8-15-16)14(18)11-5-4-6-13(7-11)17(19)20/h4-10,14,18H,3H2,1-2H3. The molecule has 2 unspecified atom stereocenters. The number of nitrogens with zero attached hydrogens (tertiary/aromatic N) is 3. The van der Waals surface area contributed by atoms with Crippen LogP contribution in [-0.4, -0.2) is 26.4 Å². The highest BCUT2D eigenvalue weighted by Gasteiger charge is 2.17. The number of non-ortho nitro benzene ring substituents is 1. The Morgan fingerprint density at radius 2 is 2.24 bits per heavy atom. The van der Waals surface area contributed by atoms with Crippen LogP contribution >= 0.6 is 0 Å². The van der Waals surface area contributed by atoms with Gasteiger partial charge in [-0.1, -0.05) is 12.1 Å². The summed E-state index contributed by atoms with van der Waals surface area (Å²) < 4.78 is 7.00. The first kappa shape index (κ1) is 15.1. The normalized spacial score (nSPS) is 13.9. The van der Waals surface area contributed by atoms with Gasteiger partial charge >= 0.3 is 0 Å². The minimum atomic E-state index is -0.965. The summed E-state index contributed by atoms with van der Waals surface area (Å²) in [4.78, 5) is 10.3. The molecule has 2 atom stereocenters. The zero-order valence-corrected chi connectivity index (χ0v) is 11.8. The van der Waals surface area contributed by atoms with Gasteiger partial charge in [-0.25, -0.2) is 4.68 Å². The Morgan fingerprint density at radius 3 is 2.90 bits per heavy atom. The number of aromatic nitrogens is 2. The third-order valence-corrected chi connectivity index (χ3v) is 3.11. The van der Waals surface area contributed by atoms with Gasteiger partial charge in [-0.2, -0.15) is 5.10 Å². The first-order valence-electron chi connectivity index (χ1n) is 6.61. The van der Waals surface area contributed by atoms with Crippen LogP contribution in [0, 0.1) is 10.1 Å². The van der Waals surface area contributed by atoms with Gasteiger partial charge in [0.1, 0.15) is 12.3 Å². The van der Waals surface area contributed by atoms with Crippen LogP contribution in [0.25, 0.3) is 0 Å². The highest BCUT2D eigenvalue weighted by Crippen LogP contribution is 2.25. The number of ether oxygens (including phenoxy) is 1. The lowest BCUT2D eigenvalue weighted by Gasteiger charge is -2.12. The molecule has 0 bridgehead atoms. The van der Waals surface area contributed by atoms with Gasteiger partial charge in [-0.05, 0) is 19.4 Å². The van der Waals surface area contributed by atoms with Crippen molar-refractivity contribution in [1.82, 2.24) is 9.78 Å². The van der Waals surface area contributed by atoms with E-state index in [2.05, 4.69) is 5.10 Å². The molecule has 2 rings (SSSR count). The van der Waals surface area contributed by atoms with Gasteiger partial charge in [-0.3, -0.25) is 10.1 Å². The lowest BCUT2D eigenvalue weighted by atomic mass is 10.0. The average Bonchev–Trinajstić information content (AvgIpc) is 2.96. The van der Waals surface area contributed by atoms with E-state index >= 15 is 0 Å². The van der Waals surface area contributed by atoms with Gasteiger partial charge in [0.25, 0.3) is 5.69 Å². The van der Waals surface area contributed by atoms with E-state index in [1.807, 2.05) is 13.8 Å². The number of benzene rings is 1. The molecule has 0 aliphatic rings. The lowest BCUT2D eigenvalue weighted by molar-refractivity contribution is -0.385. The first-order valence-corrected chi connectivity index (χ1v) is 6.61. The van der Waals surface area contributed by atoms with Gasteiger partial charge in [0.05, 0.1) is 11.1 Å². The van der Waals surface area contributed by atoms with E-state index in [0.717, 1.165) is 0 Å². The fourth-order valence-corrected chi connectivity index (χ4v) is 2.01. The van der Waals surface area contributed by atoms with Crippen molar-refractivity contribution in [1.29, 1.82) is 0 Å². The number of aliphatic hydroxyl groups excluding tert-OH is 1. The predicted molar refractivity (Wildman–Crippen MR) is 75.7 cm³/mol. The number of nitro groups is 1. The summed E-state index contributed by atoms with van der Waals surface area (Å²) in [6, 6.07) is 5.93. The third-order valence-electron chi connectivity index (χ3n) is 3.11. The van der Waals surface area contributed by atoms with Crippen LogP contribution in [0.2, 0.25) is 0 Å². The highest BCUT2D eigenvalue weighted by atomic mass is 16.6. The Morgan fingerprint density at radius 1 is 1.48 bits per heavy atom. The fourth-order valence-electron chi connectivity index (χ4n) is 2.01. The van der Waals surface area contributed by atoms with Crippen LogP contribution in [0.15, 0.2) is 36.7 Å². The third kappa shape index (κ3) is 3.45. The van der Waals surface area contributed by atoms with Gasteiger partial charge in [0.15, 0.2) is 0 Å². The van der Waals surface area contributed by atoms with Crippen molar-refractivity contribution < 1.29 is 14.8 Å². The quantitative estimate of drug-likeness (QED) is 0.652. The molecule has 1 heterocycles. The topological polar surface area (TPSA) is 90.4 Å². The number of hydrogen-bond donors (Lipinski definition) is 1. The second-order valence-corrected chi connectivity index (χ2v) is 4.56. The van der Waals surface area contributed by atoms with Gasteiger partial charge in [-0.15, -0.1) is 0 Å². The molecule has 1 aromatic heterocycles.